The molecule has 0 fully saturated rings. The van der Waals surface area contributed by atoms with Crippen molar-refractivity contribution in [2.75, 3.05) is 13.9 Å². The molecule has 0 aliphatic heterocycles. The molecule has 0 radical (unpaired) electrons. The van der Waals surface area contributed by atoms with Crippen LogP contribution in [0.15, 0.2) is 40.6 Å². The van der Waals surface area contributed by atoms with Crippen molar-refractivity contribution < 1.29 is 29.0 Å². The van der Waals surface area contributed by atoms with Crippen molar-refractivity contribution in [3.05, 3.63) is 41.2 Å². The number of esters is 1. The number of hydrogen-bond acceptors (Lipinski definition) is 7. The molecule has 7 heteroatoms. The molecule has 1 aliphatic carbocycles. The second kappa shape index (κ2) is 8.05. The largest absolute Gasteiger partial charge is 0.511 e. The molecule has 138 valence electrons. The van der Waals surface area contributed by atoms with E-state index in [9.17, 15) is 19.5 Å². The van der Waals surface area contributed by atoms with E-state index in [1.807, 2.05) is 13.8 Å². The SMILES string of the molecule is COCOC(=O)C(=O)c1ccc(N=CC2=C(O)CC(C)(C)CC2=O)cc1. The number of nitrogens with zero attached hydrogens (tertiary/aromatic N) is 1. The van der Waals surface area contributed by atoms with E-state index in [2.05, 4.69) is 14.5 Å². The molecular weight excluding hydrogens is 338 g/mol. The summed E-state index contributed by atoms with van der Waals surface area (Å²) in [6.45, 7) is 3.54. The number of aliphatic hydroxyl groups excluding tert-OH is 1. The number of methoxy groups -OCH3 is 1. The maximum absolute atomic E-state index is 12.1. The molecule has 1 aromatic carbocycles. The Morgan fingerprint density at radius 3 is 2.46 bits per heavy atom. The van der Waals surface area contributed by atoms with Gasteiger partial charge in [-0.2, -0.15) is 0 Å². The Kier molecular flexibility index (Phi) is 6.05. The van der Waals surface area contributed by atoms with Gasteiger partial charge in [0.05, 0.1) is 11.3 Å². The first-order chi connectivity index (χ1) is 12.2. The van der Waals surface area contributed by atoms with Crippen LogP contribution in [0, 0.1) is 5.41 Å². The monoisotopic (exact) mass is 359 g/mol. The van der Waals surface area contributed by atoms with Crippen LogP contribution in [0.3, 0.4) is 0 Å². The molecule has 0 unspecified atom stereocenters. The van der Waals surface area contributed by atoms with Gasteiger partial charge in [0.25, 0.3) is 5.78 Å². The number of allylic oxidation sites excluding steroid dienone is 2. The Bertz CT molecular complexity index is 774. The number of carbonyl (C=O) groups excluding carboxylic acids is 3. The number of carbonyl (C=O) groups is 3. The summed E-state index contributed by atoms with van der Waals surface area (Å²) in [7, 11) is 1.34. The first-order valence-corrected chi connectivity index (χ1v) is 8.03. The molecule has 0 atom stereocenters. The Balaban J connectivity index is 2.10. The van der Waals surface area contributed by atoms with E-state index in [1.165, 1.54) is 37.6 Å². The van der Waals surface area contributed by atoms with E-state index in [4.69, 9.17) is 0 Å². The number of aliphatic imine (C=N–C) groups is 1. The van der Waals surface area contributed by atoms with Gasteiger partial charge >= 0.3 is 5.97 Å². The summed E-state index contributed by atoms with van der Waals surface area (Å²) in [4.78, 5) is 39.6. The fourth-order valence-electron chi connectivity index (χ4n) is 2.58. The Labute approximate surface area is 151 Å². The number of ketones is 2. The standard InChI is InChI=1S/C19H21NO6/c1-19(2)8-15(21)14(16(22)9-19)10-20-13-6-4-12(5-7-13)17(23)18(24)26-11-25-3/h4-7,10,21H,8-9,11H2,1-3H3. The molecule has 1 N–H and O–H groups in total. The zero-order valence-electron chi connectivity index (χ0n) is 14.9. The summed E-state index contributed by atoms with van der Waals surface area (Å²) in [6, 6.07) is 5.93. The number of ether oxygens (including phenoxy) is 2. The van der Waals surface area contributed by atoms with Crippen LogP contribution in [0.4, 0.5) is 5.69 Å². The normalized spacial score (nSPS) is 16.8. The maximum Gasteiger partial charge on any atom is 0.381 e. The predicted molar refractivity (Wildman–Crippen MR) is 94.6 cm³/mol. The van der Waals surface area contributed by atoms with Gasteiger partial charge in [0.1, 0.15) is 5.76 Å². The van der Waals surface area contributed by atoms with Crippen LogP contribution in [0.25, 0.3) is 0 Å². The molecule has 0 saturated carbocycles. The average Bonchev–Trinajstić information content (AvgIpc) is 2.57. The Morgan fingerprint density at radius 1 is 1.23 bits per heavy atom. The van der Waals surface area contributed by atoms with Crippen molar-refractivity contribution in [2.24, 2.45) is 10.4 Å². The van der Waals surface area contributed by atoms with Gasteiger partial charge in [-0.15, -0.1) is 0 Å². The van der Waals surface area contributed by atoms with Gasteiger partial charge in [0.2, 0.25) is 0 Å². The molecule has 0 aromatic heterocycles. The molecule has 7 nitrogen and oxygen atoms in total. The molecule has 0 bridgehead atoms. The van der Waals surface area contributed by atoms with Gasteiger partial charge in [-0.05, 0) is 29.7 Å². The highest BCUT2D eigenvalue weighted by Crippen LogP contribution is 2.35. The molecule has 1 aliphatic rings. The first kappa shape index (κ1) is 19.5. The lowest BCUT2D eigenvalue weighted by atomic mass is 9.77. The third-order valence-electron chi connectivity index (χ3n) is 3.86. The summed E-state index contributed by atoms with van der Waals surface area (Å²) in [5.41, 5.74) is 0.567. The summed E-state index contributed by atoms with van der Waals surface area (Å²) >= 11 is 0. The zero-order valence-corrected chi connectivity index (χ0v) is 14.9. The van der Waals surface area contributed by atoms with E-state index in [0.29, 0.717) is 18.5 Å². The molecule has 26 heavy (non-hydrogen) atoms. The van der Waals surface area contributed by atoms with Gasteiger partial charge in [-0.1, -0.05) is 13.8 Å². The van der Waals surface area contributed by atoms with Crippen molar-refractivity contribution >= 4 is 29.4 Å². The van der Waals surface area contributed by atoms with E-state index >= 15 is 0 Å². The summed E-state index contributed by atoms with van der Waals surface area (Å²) < 4.78 is 9.16. The second-order valence-electron chi connectivity index (χ2n) is 6.77. The number of benzene rings is 1. The molecule has 0 saturated heterocycles. The van der Waals surface area contributed by atoms with Crippen molar-refractivity contribution in [1.29, 1.82) is 0 Å². The molecule has 1 aromatic rings. The third kappa shape index (κ3) is 4.86. The topological polar surface area (TPSA) is 102 Å². The highest BCUT2D eigenvalue weighted by Gasteiger charge is 2.32. The second-order valence-corrected chi connectivity index (χ2v) is 6.77. The fourth-order valence-corrected chi connectivity index (χ4v) is 2.58. The van der Waals surface area contributed by atoms with Crippen molar-refractivity contribution in [1.82, 2.24) is 0 Å². The summed E-state index contributed by atoms with van der Waals surface area (Å²) in [5, 5.41) is 10.1. The van der Waals surface area contributed by atoms with Gasteiger partial charge < -0.3 is 14.6 Å². The maximum atomic E-state index is 12.1. The minimum absolute atomic E-state index is 0.0303. The average molecular weight is 359 g/mol. The number of hydrogen-bond donors (Lipinski definition) is 1. The van der Waals surface area contributed by atoms with Gasteiger partial charge in [0.15, 0.2) is 12.6 Å². The van der Waals surface area contributed by atoms with Crippen molar-refractivity contribution in [3.8, 4) is 0 Å². The zero-order chi connectivity index (χ0) is 19.3. The first-order valence-electron chi connectivity index (χ1n) is 8.03. The summed E-state index contributed by atoms with van der Waals surface area (Å²) in [5.74, 6) is -1.92. The molecule has 0 amide bonds. The molecule has 0 spiro atoms. The van der Waals surface area contributed by atoms with Crippen LogP contribution < -0.4 is 0 Å². The van der Waals surface area contributed by atoms with Crippen LogP contribution >= 0.6 is 0 Å². The Hall–Kier alpha value is -2.80. The lowest BCUT2D eigenvalue weighted by Gasteiger charge is -2.28. The van der Waals surface area contributed by atoms with Gasteiger partial charge in [-0.25, -0.2) is 4.79 Å². The molecular formula is C19H21NO6. The third-order valence-corrected chi connectivity index (χ3v) is 3.86. The number of rotatable bonds is 6. The lowest BCUT2D eigenvalue weighted by molar-refractivity contribution is -0.148. The van der Waals surface area contributed by atoms with E-state index in [1.54, 1.807) is 0 Å². The van der Waals surface area contributed by atoms with Gasteiger partial charge in [-0.3, -0.25) is 14.6 Å². The van der Waals surface area contributed by atoms with Crippen LogP contribution in [-0.2, 0) is 19.1 Å². The smallest absolute Gasteiger partial charge is 0.381 e. The minimum atomic E-state index is -1.01. The van der Waals surface area contributed by atoms with Crippen LogP contribution in [0.5, 0.6) is 0 Å². The van der Waals surface area contributed by atoms with E-state index < -0.39 is 11.8 Å². The highest BCUT2D eigenvalue weighted by molar-refractivity contribution is 6.40. The van der Waals surface area contributed by atoms with E-state index in [0.717, 1.165) is 0 Å². The van der Waals surface area contributed by atoms with Crippen LogP contribution in [0.2, 0.25) is 0 Å². The van der Waals surface area contributed by atoms with Crippen LogP contribution in [0.1, 0.15) is 37.0 Å². The molecule has 2 rings (SSSR count). The number of Topliss-reactive ketones (excluding diaryl/α,β-unsaturated/α-hetero) is 2. The lowest BCUT2D eigenvalue weighted by Crippen LogP contribution is -2.26. The Morgan fingerprint density at radius 2 is 1.88 bits per heavy atom. The van der Waals surface area contributed by atoms with Crippen molar-refractivity contribution in [3.63, 3.8) is 0 Å². The number of aliphatic hydroxyl groups is 1. The van der Waals surface area contributed by atoms with E-state index in [-0.39, 0.29) is 34.9 Å². The summed E-state index contributed by atoms with van der Waals surface area (Å²) in [6.07, 6.45) is 2.09. The fraction of sp³-hybridized carbons (Fsp3) is 0.368. The predicted octanol–water partition coefficient (Wildman–Crippen LogP) is 2.92. The molecule has 0 heterocycles. The minimum Gasteiger partial charge on any atom is -0.511 e. The highest BCUT2D eigenvalue weighted by atomic mass is 16.7. The van der Waals surface area contributed by atoms with Crippen LogP contribution in [-0.4, -0.2) is 42.8 Å². The van der Waals surface area contributed by atoms with Crippen molar-refractivity contribution in [2.45, 2.75) is 26.7 Å². The van der Waals surface area contributed by atoms with Gasteiger partial charge in [0, 0.05) is 31.7 Å². The quantitative estimate of drug-likeness (QED) is 0.275.